The third-order valence-electron chi connectivity index (χ3n) is 2.52. The molecular weight excluding hydrogens is 324 g/mol. The number of guanidine groups is 1. The summed E-state index contributed by atoms with van der Waals surface area (Å²) in [7, 11) is 0. The van der Waals surface area contributed by atoms with Gasteiger partial charge >= 0.3 is 0 Å². The highest BCUT2D eigenvalue weighted by Gasteiger charge is 2.20. The first kappa shape index (κ1) is 18.9. The van der Waals surface area contributed by atoms with Gasteiger partial charge in [-0.3, -0.25) is 5.21 Å². The van der Waals surface area contributed by atoms with Gasteiger partial charge in [-0.25, -0.2) is 5.48 Å². The fourth-order valence-corrected chi connectivity index (χ4v) is 1.94. The van der Waals surface area contributed by atoms with Crippen LogP contribution in [0.4, 0.5) is 0 Å². The lowest BCUT2D eigenvalue weighted by Gasteiger charge is -2.17. The molecule has 0 spiro atoms. The number of nitrogens with two attached hydrogens (primary N) is 1. The molecule has 8 nitrogen and oxygen atoms in total. The van der Waals surface area contributed by atoms with Crippen LogP contribution in [0, 0.1) is 0 Å². The van der Waals surface area contributed by atoms with Crippen LogP contribution >= 0.6 is 11.6 Å². The van der Waals surface area contributed by atoms with Crippen molar-refractivity contribution >= 4 is 23.8 Å². The maximum Gasteiger partial charge on any atom is 0.237 e. The predicted molar refractivity (Wildman–Crippen MR) is 89.1 cm³/mol. The van der Waals surface area contributed by atoms with E-state index in [1.165, 1.54) is 6.21 Å². The van der Waals surface area contributed by atoms with Crippen LogP contribution in [0.2, 0.25) is 5.02 Å². The van der Waals surface area contributed by atoms with Gasteiger partial charge in [0.05, 0.1) is 31.1 Å². The lowest BCUT2D eigenvalue weighted by Crippen LogP contribution is -2.27. The number of benzene rings is 1. The summed E-state index contributed by atoms with van der Waals surface area (Å²) in [6.07, 6.45) is 1.37. The number of hydrogen-bond acceptors (Lipinski definition) is 6. The van der Waals surface area contributed by atoms with E-state index in [1.54, 1.807) is 11.5 Å². The molecule has 0 amide bonds. The Kier molecular flexibility index (Phi) is 8.00. The predicted octanol–water partition coefficient (Wildman–Crippen LogP) is 2.16. The van der Waals surface area contributed by atoms with E-state index >= 15 is 0 Å². The van der Waals surface area contributed by atoms with Gasteiger partial charge in [-0.15, -0.1) is 5.10 Å². The van der Waals surface area contributed by atoms with Crippen molar-refractivity contribution in [2.24, 2.45) is 15.9 Å². The summed E-state index contributed by atoms with van der Waals surface area (Å²) in [4.78, 5) is 0. The summed E-state index contributed by atoms with van der Waals surface area (Å²) in [6, 6.07) is 1.67. The Labute approximate surface area is 139 Å². The molecule has 0 heterocycles. The Morgan fingerprint density at radius 2 is 1.83 bits per heavy atom. The van der Waals surface area contributed by atoms with Crippen molar-refractivity contribution in [1.29, 1.82) is 0 Å². The molecule has 1 aromatic rings. The largest absolute Gasteiger partial charge is 0.490 e. The minimum Gasteiger partial charge on any atom is -0.490 e. The van der Waals surface area contributed by atoms with Gasteiger partial charge in [0.2, 0.25) is 11.7 Å². The fourth-order valence-electron chi connectivity index (χ4n) is 1.70. The maximum atomic E-state index is 8.55. The highest BCUT2D eigenvalue weighted by Crippen LogP contribution is 2.44. The minimum absolute atomic E-state index is 0.252. The molecule has 1 rings (SSSR count). The van der Waals surface area contributed by atoms with Crippen LogP contribution < -0.4 is 25.4 Å². The van der Waals surface area contributed by atoms with Crippen molar-refractivity contribution in [3.05, 3.63) is 16.7 Å². The van der Waals surface area contributed by atoms with E-state index in [-0.39, 0.29) is 5.96 Å². The SMILES string of the molecule is CCOc1cc(C=NN=C(N)NO)c(Cl)c(OCC)c1OCC. The van der Waals surface area contributed by atoms with Crippen LogP contribution in [-0.2, 0) is 0 Å². The van der Waals surface area contributed by atoms with Gasteiger partial charge in [-0.2, -0.15) is 5.10 Å². The van der Waals surface area contributed by atoms with Crippen molar-refractivity contribution in [2.45, 2.75) is 20.8 Å². The Bertz CT molecular complexity index is 578. The smallest absolute Gasteiger partial charge is 0.237 e. The average molecular weight is 345 g/mol. The molecule has 0 aromatic heterocycles. The Hall–Kier alpha value is -2.19. The van der Waals surface area contributed by atoms with E-state index in [0.29, 0.717) is 47.7 Å². The highest BCUT2D eigenvalue weighted by molar-refractivity contribution is 6.35. The van der Waals surface area contributed by atoms with Crippen molar-refractivity contribution in [3.8, 4) is 17.2 Å². The molecular formula is C14H21ClN4O4. The van der Waals surface area contributed by atoms with Crippen molar-refractivity contribution in [3.63, 3.8) is 0 Å². The van der Waals surface area contributed by atoms with Crippen LogP contribution in [-0.4, -0.2) is 37.2 Å². The van der Waals surface area contributed by atoms with Crippen molar-refractivity contribution < 1.29 is 19.4 Å². The molecule has 0 unspecified atom stereocenters. The third kappa shape index (κ3) is 5.19. The number of halogens is 1. The topological polar surface area (TPSA) is 111 Å². The minimum atomic E-state index is -0.252. The number of nitrogens with zero attached hydrogens (tertiary/aromatic N) is 2. The van der Waals surface area contributed by atoms with E-state index in [0.717, 1.165) is 0 Å². The van der Waals surface area contributed by atoms with Gasteiger partial charge in [0.1, 0.15) is 0 Å². The molecule has 9 heteroatoms. The molecule has 0 aliphatic carbocycles. The number of rotatable bonds is 8. The van der Waals surface area contributed by atoms with Gasteiger partial charge in [0, 0.05) is 5.56 Å². The first-order chi connectivity index (χ1) is 11.1. The average Bonchev–Trinajstić information content (AvgIpc) is 2.54. The fraction of sp³-hybridized carbons (Fsp3) is 0.429. The summed E-state index contributed by atoms with van der Waals surface area (Å²) in [5, 5.41) is 16.1. The molecule has 1 aromatic carbocycles. The third-order valence-corrected chi connectivity index (χ3v) is 2.91. The second kappa shape index (κ2) is 9.75. The molecule has 128 valence electrons. The van der Waals surface area contributed by atoms with Crippen molar-refractivity contribution in [2.75, 3.05) is 19.8 Å². The zero-order valence-electron chi connectivity index (χ0n) is 13.3. The molecule has 23 heavy (non-hydrogen) atoms. The Balaban J connectivity index is 3.35. The monoisotopic (exact) mass is 344 g/mol. The summed E-state index contributed by atoms with van der Waals surface area (Å²) in [5.41, 5.74) is 7.44. The van der Waals surface area contributed by atoms with Gasteiger partial charge in [-0.05, 0) is 26.8 Å². The van der Waals surface area contributed by atoms with E-state index in [2.05, 4.69) is 10.2 Å². The van der Waals surface area contributed by atoms with Crippen molar-refractivity contribution in [1.82, 2.24) is 5.48 Å². The number of ether oxygens (including phenoxy) is 3. The van der Waals surface area contributed by atoms with Crippen LogP contribution in [0.25, 0.3) is 0 Å². The molecule has 4 N–H and O–H groups in total. The van der Waals surface area contributed by atoms with Gasteiger partial charge < -0.3 is 19.9 Å². The molecule has 0 aliphatic heterocycles. The van der Waals surface area contributed by atoms with Crippen LogP contribution in [0.15, 0.2) is 16.3 Å². The van der Waals surface area contributed by atoms with Crippen LogP contribution in [0.3, 0.4) is 0 Å². The van der Waals surface area contributed by atoms with E-state index in [4.69, 9.17) is 36.8 Å². The van der Waals surface area contributed by atoms with E-state index in [9.17, 15) is 0 Å². The summed E-state index contributed by atoms with van der Waals surface area (Å²) in [6.45, 7) is 6.84. The quantitative estimate of drug-likeness (QED) is 0.378. The summed E-state index contributed by atoms with van der Waals surface area (Å²) >= 11 is 6.35. The van der Waals surface area contributed by atoms with Crippen LogP contribution in [0.5, 0.6) is 17.2 Å². The standard InChI is InChI=1S/C14H21ClN4O4/c1-4-21-10-7-9(8-17-18-14(16)19-20)11(15)13(23-6-3)12(10)22-5-2/h7-8,20H,4-6H2,1-3H3,(H3,16,18,19). The van der Waals surface area contributed by atoms with E-state index in [1.807, 2.05) is 20.8 Å². The lowest BCUT2D eigenvalue weighted by atomic mass is 10.2. The Morgan fingerprint density at radius 3 is 2.39 bits per heavy atom. The lowest BCUT2D eigenvalue weighted by molar-refractivity contribution is 0.232. The summed E-state index contributed by atoms with van der Waals surface area (Å²) < 4.78 is 16.8. The van der Waals surface area contributed by atoms with Gasteiger partial charge in [0.15, 0.2) is 11.5 Å². The first-order valence-corrected chi connectivity index (χ1v) is 7.48. The molecule has 0 aliphatic rings. The number of hydrogen-bond donors (Lipinski definition) is 3. The molecule has 0 radical (unpaired) electrons. The van der Waals surface area contributed by atoms with E-state index < -0.39 is 0 Å². The number of hydroxylamine groups is 1. The van der Waals surface area contributed by atoms with Gasteiger partial charge in [0.25, 0.3) is 0 Å². The molecule has 0 bridgehead atoms. The zero-order valence-corrected chi connectivity index (χ0v) is 14.1. The second-order valence-corrected chi connectivity index (χ2v) is 4.45. The van der Waals surface area contributed by atoms with Crippen LogP contribution in [0.1, 0.15) is 26.3 Å². The first-order valence-electron chi connectivity index (χ1n) is 7.10. The maximum absolute atomic E-state index is 8.55. The zero-order chi connectivity index (χ0) is 17.2. The Morgan fingerprint density at radius 1 is 1.22 bits per heavy atom. The molecule has 0 saturated carbocycles. The van der Waals surface area contributed by atoms with Gasteiger partial charge in [-0.1, -0.05) is 11.6 Å². The summed E-state index contributed by atoms with van der Waals surface area (Å²) in [5.74, 6) is 1.05. The molecule has 0 fully saturated rings. The highest BCUT2D eigenvalue weighted by atomic mass is 35.5. The normalized spacial score (nSPS) is 11.6. The molecule has 0 atom stereocenters. The molecule has 0 saturated heterocycles. The number of nitrogens with one attached hydrogen (secondary N) is 1. The second-order valence-electron chi connectivity index (χ2n) is 4.08.